The molecule has 130 valence electrons. The minimum absolute atomic E-state index is 0.199. The van der Waals surface area contributed by atoms with Gasteiger partial charge in [-0.05, 0) is 42.9 Å². The van der Waals surface area contributed by atoms with Gasteiger partial charge in [-0.2, -0.15) is 12.6 Å². The predicted octanol–water partition coefficient (Wildman–Crippen LogP) is 3.00. The summed E-state index contributed by atoms with van der Waals surface area (Å²) in [5, 5.41) is 5.54. The fourth-order valence-corrected chi connectivity index (χ4v) is 2.39. The molecular formula is C17H24N4O2S. The molecule has 0 aliphatic rings. The zero-order valence-corrected chi connectivity index (χ0v) is 15.0. The number of hydrogen-bond acceptors (Lipinski definition) is 4. The Bertz CT molecular complexity index is 655. The average molecular weight is 348 g/mol. The Balaban J connectivity index is 1.86. The van der Waals surface area contributed by atoms with E-state index in [0.717, 1.165) is 41.5 Å². The summed E-state index contributed by atoms with van der Waals surface area (Å²) in [5.41, 5.74) is 1.87. The van der Waals surface area contributed by atoms with Crippen molar-refractivity contribution >= 4 is 24.3 Å². The topological polar surface area (TPSA) is 68.2 Å². The summed E-state index contributed by atoms with van der Waals surface area (Å²) in [4.78, 5) is 16.0. The van der Waals surface area contributed by atoms with Gasteiger partial charge in [0.15, 0.2) is 0 Å². The Morgan fingerprint density at radius 2 is 2.08 bits per heavy atom. The van der Waals surface area contributed by atoms with E-state index in [1.165, 1.54) is 0 Å². The van der Waals surface area contributed by atoms with Crippen molar-refractivity contribution in [2.75, 3.05) is 17.6 Å². The number of hydrogen-bond donors (Lipinski definition) is 3. The number of amides is 2. The van der Waals surface area contributed by atoms with Crippen LogP contribution < -0.4 is 15.4 Å². The summed E-state index contributed by atoms with van der Waals surface area (Å²) >= 11 is 4.24. The minimum atomic E-state index is -0.199. The number of ether oxygens (including phenoxy) is 1. The first-order valence-electron chi connectivity index (χ1n) is 8.02. The monoisotopic (exact) mass is 348 g/mol. The van der Waals surface area contributed by atoms with Gasteiger partial charge >= 0.3 is 6.03 Å². The Kier molecular flexibility index (Phi) is 6.99. The second-order valence-electron chi connectivity index (χ2n) is 5.39. The van der Waals surface area contributed by atoms with Gasteiger partial charge in [-0.3, -0.25) is 0 Å². The molecule has 0 fully saturated rings. The van der Waals surface area contributed by atoms with Crippen LogP contribution in [0.3, 0.4) is 0 Å². The maximum Gasteiger partial charge on any atom is 0.319 e. The molecule has 0 saturated carbocycles. The van der Waals surface area contributed by atoms with Gasteiger partial charge < -0.3 is 19.9 Å². The van der Waals surface area contributed by atoms with Crippen LogP contribution in [0.15, 0.2) is 30.5 Å². The number of imidazole rings is 1. The number of carbonyl (C=O) groups excluding carboxylic acids is 1. The number of rotatable bonds is 8. The van der Waals surface area contributed by atoms with E-state index in [2.05, 4.69) is 28.2 Å². The number of benzene rings is 1. The molecule has 0 aliphatic carbocycles. The van der Waals surface area contributed by atoms with E-state index in [4.69, 9.17) is 4.74 Å². The smallest absolute Gasteiger partial charge is 0.319 e. The third kappa shape index (κ3) is 5.19. The number of carbonyl (C=O) groups is 1. The molecule has 0 atom stereocenters. The normalized spacial score (nSPS) is 10.5. The third-order valence-electron chi connectivity index (χ3n) is 3.56. The SMILES string of the molecule is CCCNC(=O)Nc1ccc(OCc2ncc(CCS)n2C)cc1. The first-order chi connectivity index (χ1) is 11.6. The van der Waals surface area contributed by atoms with Crippen molar-refractivity contribution in [1.29, 1.82) is 0 Å². The lowest BCUT2D eigenvalue weighted by Gasteiger charge is -2.09. The van der Waals surface area contributed by atoms with E-state index in [9.17, 15) is 4.79 Å². The van der Waals surface area contributed by atoms with Gasteiger partial charge in [0.2, 0.25) is 0 Å². The zero-order chi connectivity index (χ0) is 17.4. The summed E-state index contributed by atoms with van der Waals surface area (Å²) in [6.07, 6.45) is 3.65. The molecule has 24 heavy (non-hydrogen) atoms. The number of anilines is 1. The van der Waals surface area contributed by atoms with Crippen LogP contribution in [0.5, 0.6) is 5.75 Å². The Morgan fingerprint density at radius 1 is 1.33 bits per heavy atom. The Hall–Kier alpha value is -2.15. The first-order valence-corrected chi connectivity index (χ1v) is 8.65. The van der Waals surface area contributed by atoms with E-state index >= 15 is 0 Å². The molecule has 2 amide bonds. The number of urea groups is 1. The molecule has 6 nitrogen and oxygen atoms in total. The minimum Gasteiger partial charge on any atom is -0.486 e. The lowest BCUT2D eigenvalue weighted by Crippen LogP contribution is -2.29. The molecule has 2 aromatic rings. The standard InChI is InChI=1S/C17H24N4O2S/c1-3-9-18-17(22)20-13-4-6-15(7-5-13)23-12-16-19-11-14(8-10-24)21(16)2/h4-7,11,24H,3,8-10,12H2,1-2H3,(H2,18,20,22). The van der Waals surface area contributed by atoms with Crippen molar-refractivity contribution in [1.82, 2.24) is 14.9 Å². The molecule has 1 aromatic carbocycles. The highest BCUT2D eigenvalue weighted by atomic mass is 32.1. The number of nitrogens with one attached hydrogen (secondary N) is 2. The van der Waals surface area contributed by atoms with Crippen LogP contribution in [0.2, 0.25) is 0 Å². The molecule has 2 rings (SSSR count). The summed E-state index contributed by atoms with van der Waals surface area (Å²) in [6.45, 7) is 3.06. The van der Waals surface area contributed by atoms with Crippen LogP contribution >= 0.6 is 12.6 Å². The van der Waals surface area contributed by atoms with Gasteiger partial charge in [0, 0.05) is 31.2 Å². The molecule has 0 bridgehead atoms. The highest BCUT2D eigenvalue weighted by Crippen LogP contribution is 2.17. The second kappa shape index (κ2) is 9.22. The molecule has 0 saturated heterocycles. The molecule has 1 heterocycles. The van der Waals surface area contributed by atoms with Crippen LogP contribution in [0.25, 0.3) is 0 Å². The van der Waals surface area contributed by atoms with Gasteiger partial charge in [0.25, 0.3) is 0 Å². The van der Waals surface area contributed by atoms with E-state index in [1.54, 1.807) is 0 Å². The van der Waals surface area contributed by atoms with Gasteiger partial charge in [0.1, 0.15) is 18.2 Å². The molecule has 2 N–H and O–H groups in total. The fraction of sp³-hybridized carbons (Fsp3) is 0.412. The molecule has 0 aliphatic heterocycles. The van der Waals surface area contributed by atoms with Crippen LogP contribution in [-0.4, -0.2) is 27.9 Å². The van der Waals surface area contributed by atoms with Crippen molar-refractivity contribution < 1.29 is 9.53 Å². The summed E-state index contributed by atoms with van der Waals surface area (Å²) in [6, 6.07) is 7.08. The molecule has 0 radical (unpaired) electrons. The zero-order valence-electron chi connectivity index (χ0n) is 14.1. The van der Waals surface area contributed by atoms with Crippen LogP contribution in [-0.2, 0) is 20.1 Å². The van der Waals surface area contributed by atoms with E-state index < -0.39 is 0 Å². The summed E-state index contributed by atoms with van der Waals surface area (Å²) in [7, 11) is 1.98. The maximum absolute atomic E-state index is 11.6. The van der Waals surface area contributed by atoms with Gasteiger partial charge in [0.05, 0.1) is 0 Å². The maximum atomic E-state index is 11.6. The van der Waals surface area contributed by atoms with Crippen LogP contribution in [0.1, 0.15) is 24.9 Å². The third-order valence-corrected chi connectivity index (χ3v) is 3.79. The molecule has 1 aromatic heterocycles. The second-order valence-corrected chi connectivity index (χ2v) is 5.84. The fourth-order valence-electron chi connectivity index (χ4n) is 2.17. The lowest BCUT2D eigenvalue weighted by molar-refractivity contribution is 0.252. The molecule has 0 unspecified atom stereocenters. The number of aromatic nitrogens is 2. The van der Waals surface area contributed by atoms with Crippen molar-refractivity contribution in [3.05, 3.63) is 42.0 Å². The average Bonchev–Trinajstić information content (AvgIpc) is 2.93. The highest BCUT2D eigenvalue weighted by molar-refractivity contribution is 7.80. The van der Waals surface area contributed by atoms with Crippen molar-refractivity contribution in [3.63, 3.8) is 0 Å². The molecule has 7 heteroatoms. The van der Waals surface area contributed by atoms with E-state index in [0.29, 0.717) is 13.2 Å². The van der Waals surface area contributed by atoms with E-state index in [-0.39, 0.29) is 6.03 Å². The number of nitrogens with zero attached hydrogens (tertiary/aromatic N) is 2. The number of aryl methyl sites for hydroxylation is 1. The Morgan fingerprint density at radius 3 is 2.75 bits per heavy atom. The molecule has 0 spiro atoms. The number of thiol groups is 1. The molecular weight excluding hydrogens is 324 g/mol. The van der Waals surface area contributed by atoms with Crippen molar-refractivity contribution in [2.24, 2.45) is 7.05 Å². The summed E-state index contributed by atoms with van der Waals surface area (Å²) in [5.74, 6) is 2.39. The van der Waals surface area contributed by atoms with Gasteiger partial charge in [-0.25, -0.2) is 9.78 Å². The van der Waals surface area contributed by atoms with Crippen molar-refractivity contribution in [3.8, 4) is 5.75 Å². The largest absolute Gasteiger partial charge is 0.486 e. The lowest BCUT2D eigenvalue weighted by atomic mass is 10.3. The highest BCUT2D eigenvalue weighted by Gasteiger charge is 2.07. The van der Waals surface area contributed by atoms with Crippen molar-refractivity contribution in [2.45, 2.75) is 26.4 Å². The first kappa shape index (κ1) is 18.2. The summed E-state index contributed by atoms with van der Waals surface area (Å²) < 4.78 is 7.79. The quantitative estimate of drug-likeness (QED) is 0.643. The van der Waals surface area contributed by atoms with Gasteiger partial charge in [-0.1, -0.05) is 6.92 Å². The van der Waals surface area contributed by atoms with E-state index in [1.807, 2.05) is 49.0 Å². The predicted molar refractivity (Wildman–Crippen MR) is 98.9 cm³/mol. The van der Waals surface area contributed by atoms with Gasteiger partial charge in [-0.15, -0.1) is 0 Å². The van der Waals surface area contributed by atoms with Crippen LogP contribution in [0, 0.1) is 0 Å². The Labute approximate surface area is 148 Å². The van der Waals surface area contributed by atoms with Crippen LogP contribution in [0.4, 0.5) is 10.5 Å².